The number of nitrogens with zero attached hydrogens (tertiary/aromatic N) is 1. The highest BCUT2D eigenvalue weighted by Crippen LogP contribution is 2.10. The molecule has 4 nitrogen and oxygen atoms in total. The Balaban J connectivity index is 2.64. The summed E-state index contributed by atoms with van der Waals surface area (Å²) < 4.78 is 25.2. The summed E-state index contributed by atoms with van der Waals surface area (Å²) in [5, 5.41) is 3.17. The highest BCUT2D eigenvalue weighted by atomic mass is 32.2. The van der Waals surface area contributed by atoms with Gasteiger partial charge in [0.05, 0.1) is 5.75 Å². The molecular weight excluding hydrogens is 200 g/mol. The molecule has 1 saturated heterocycles. The first kappa shape index (κ1) is 11.7. The van der Waals surface area contributed by atoms with E-state index >= 15 is 0 Å². The lowest BCUT2D eigenvalue weighted by Gasteiger charge is -2.32. The number of hydrogen-bond donors (Lipinski definition) is 1. The molecule has 1 aliphatic heterocycles. The summed E-state index contributed by atoms with van der Waals surface area (Å²) >= 11 is 0. The fourth-order valence-corrected chi connectivity index (χ4v) is 3.28. The number of piperazine rings is 1. The Kier molecular flexibility index (Phi) is 4.10. The van der Waals surface area contributed by atoms with Gasteiger partial charge in [-0.2, -0.15) is 4.31 Å². The van der Waals surface area contributed by atoms with Gasteiger partial charge in [-0.3, -0.25) is 0 Å². The zero-order valence-corrected chi connectivity index (χ0v) is 9.39. The summed E-state index contributed by atoms with van der Waals surface area (Å²) in [5.74, 6) is 0.181. The van der Waals surface area contributed by atoms with Crippen LogP contribution in [0.4, 0.5) is 0 Å². The molecule has 1 fully saturated rings. The van der Waals surface area contributed by atoms with E-state index in [4.69, 9.17) is 0 Å². The van der Waals surface area contributed by atoms with E-state index < -0.39 is 10.0 Å². The topological polar surface area (TPSA) is 49.4 Å². The highest BCUT2D eigenvalue weighted by Gasteiger charge is 2.28. The molecule has 0 saturated carbocycles. The van der Waals surface area contributed by atoms with Crippen LogP contribution in [0.1, 0.15) is 13.3 Å². The molecule has 0 amide bonds. The second-order valence-corrected chi connectivity index (χ2v) is 5.60. The van der Waals surface area contributed by atoms with Crippen molar-refractivity contribution in [2.45, 2.75) is 19.4 Å². The van der Waals surface area contributed by atoms with Crippen LogP contribution in [0.2, 0.25) is 0 Å². The molecule has 0 aromatic heterocycles. The third-order valence-corrected chi connectivity index (χ3v) is 4.39. The van der Waals surface area contributed by atoms with Gasteiger partial charge >= 0.3 is 0 Å². The first-order valence-electron chi connectivity index (χ1n) is 4.89. The zero-order valence-electron chi connectivity index (χ0n) is 8.57. The molecular formula is C9H18N2O2S. The van der Waals surface area contributed by atoms with Crippen molar-refractivity contribution < 1.29 is 8.42 Å². The average molecular weight is 218 g/mol. The number of sulfonamides is 1. The molecule has 82 valence electrons. The minimum Gasteiger partial charge on any atom is -0.314 e. The number of nitrogens with one attached hydrogen (secondary N) is 1. The van der Waals surface area contributed by atoms with Crippen LogP contribution in [0, 0.1) is 0 Å². The Morgan fingerprint density at radius 3 is 2.93 bits per heavy atom. The van der Waals surface area contributed by atoms with E-state index in [0.29, 0.717) is 13.0 Å². The summed E-state index contributed by atoms with van der Waals surface area (Å²) in [4.78, 5) is 0. The fourth-order valence-electron chi connectivity index (χ4n) is 1.59. The Bertz CT molecular complexity index is 287. The Labute approximate surface area is 86.0 Å². The van der Waals surface area contributed by atoms with Crippen LogP contribution in [0.3, 0.4) is 0 Å². The maximum atomic E-state index is 11.8. The van der Waals surface area contributed by atoms with Crippen molar-refractivity contribution in [1.82, 2.24) is 9.62 Å². The van der Waals surface area contributed by atoms with Crippen LogP contribution >= 0.6 is 0 Å². The molecule has 14 heavy (non-hydrogen) atoms. The molecule has 1 atom stereocenters. The van der Waals surface area contributed by atoms with E-state index in [1.165, 1.54) is 0 Å². The van der Waals surface area contributed by atoms with Gasteiger partial charge in [-0.05, 0) is 13.3 Å². The Morgan fingerprint density at radius 1 is 1.64 bits per heavy atom. The SMILES string of the molecule is C=CCCS(=O)(=O)N1CCNC[C@H]1C. The van der Waals surface area contributed by atoms with Crippen molar-refractivity contribution in [3.63, 3.8) is 0 Å². The van der Waals surface area contributed by atoms with Gasteiger partial charge < -0.3 is 5.32 Å². The standard InChI is InChI=1S/C9H18N2O2S/c1-3-4-7-14(12,13)11-6-5-10-8-9(11)2/h3,9-10H,1,4-8H2,2H3/t9-/m1/s1. The predicted octanol–water partition coefficient (Wildman–Crippen LogP) is 0.186. The van der Waals surface area contributed by atoms with Gasteiger partial charge in [0, 0.05) is 25.7 Å². The van der Waals surface area contributed by atoms with Crippen molar-refractivity contribution in [3.8, 4) is 0 Å². The lowest BCUT2D eigenvalue weighted by atomic mass is 10.3. The summed E-state index contributed by atoms with van der Waals surface area (Å²) in [6.07, 6.45) is 2.17. The summed E-state index contributed by atoms with van der Waals surface area (Å²) in [6, 6.07) is 0.0681. The average Bonchev–Trinajstić information content (AvgIpc) is 2.15. The monoisotopic (exact) mass is 218 g/mol. The van der Waals surface area contributed by atoms with Gasteiger partial charge in [0.2, 0.25) is 10.0 Å². The molecule has 1 aliphatic rings. The normalized spacial score (nSPS) is 24.8. The van der Waals surface area contributed by atoms with Crippen molar-refractivity contribution in [2.75, 3.05) is 25.4 Å². The van der Waals surface area contributed by atoms with E-state index in [1.807, 2.05) is 6.92 Å². The van der Waals surface area contributed by atoms with Crippen molar-refractivity contribution >= 4 is 10.0 Å². The number of hydrogen-bond acceptors (Lipinski definition) is 3. The number of rotatable bonds is 4. The molecule has 0 aliphatic carbocycles. The predicted molar refractivity (Wildman–Crippen MR) is 57.6 cm³/mol. The Hall–Kier alpha value is -0.390. The van der Waals surface area contributed by atoms with E-state index in [-0.39, 0.29) is 11.8 Å². The molecule has 0 radical (unpaired) electrons. The largest absolute Gasteiger partial charge is 0.314 e. The molecule has 0 bridgehead atoms. The molecule has 5 heteroatoms. The third-order valence-electron chi connectivity index (χ3n) is 2.38. The van der Waals surface area contributed by atoms with Crippen LogP contribution in [0.25, 0.3) is 0 Å². The smallest absolute Gasteiger partial charge is 0.214 e. The second kappa shape index (κ2) is 4.91. The van der Waals surface area contributed by atoms with Crippen LogP contribution in [0.5, 0.6) is 0 Å². The summed E-state index contributed by atoms with van der Waals surface area (Å²) in [7, 11) is -3.07. The van der Waals surface area contributed by atoms with Gasteiger partial charge in [0.1, 0.15) is 0 Å². The van der Waals surface area contributed by atoms with Gasteiger partial charge in [-0.25, -0.2) is 8.42 Å². The van der Waals surface area contributed by atoms with Crippen LogP contribution in [-0.4, -0.2) is 44.2 Å². The van der Waals surface area contributed by atoms with Crippen molar-refractivity contribution in [2.24, 2.45) is 0 Å². The van der Waals surface area contributed by atoms with E-state index in [9.17, 15) is 8.42 Å². The van der Waals surface area contributed by atoms with Gasteiger partial charge in [0.15, 0.2) is 0 Å². The molecule has 0 aromatic rings. The minimum absolute atomic E-state index is 0.0681. The lowest BCUT2D eigenvalue weighted by molar-refractivity contribution is 0.284. The van der Waals surface area contributed by atoms with Crippen LogP contribution in [0.15, 0.2) is 12.7 Å². The van der Waals surface area contributed by atoms with Crippen molar-refractivity contribution in [3.05, 3.63) is 12.7 Å². The third kappa shape index (κ3) is 2.80. The quantitative estimate of drug-likeness (QED) is 0.685. The van der Waals surface area contributed by atoms with Gasteiger partial charge in [-0.15, -0.1) is 6.58 Å². The van der Waals surface area contributed by atoms with E-state index in [1.54, 1.807) is 10.4 Å². The lowest BCUT2D eigenvalue weighted by Crippen LogP contribution is -2.52. The molecule has 1 heterocycles. The Morgan fingerprint density at radius 2 is 2.36 bits per heavy atom. The molecule has 1 rings (SSSR count). The first-order chi connectivity index (χ1) is 6.58. The summed E-state index contributed by atoms with van der Waals surface area (Å²) in [6.45, 7) is 7.54. The van der Waals surface area contributed by atoms with Crippen LogP contribution in [-0.2, 0) is 10.0 Å². The second-order valence-electron chi connectivity index (χ2n) is 3.56. The van der Waals surface area contributed by atoms with E-state index in [0.717, 1.165) is 13.1 Å². The van der Waals surface area contributed by atoms with Crippen LogP contribution < -0.4 is 5.32 Å². The van der Waals surface area contributed by atoms with Gasteiger partial charge in [0.25, 0.3) is 0 Å². The number of allylic oxidation sites excluding steroid dienone is 1. The highest BCUT2D eigenvalue weighted by molar-refractivity contribution is 7.89. The molecule has 1 N–H and O–H groups in total. The molecule has 0 unspecified atom stereocenters. The molecule has 0 aromatic carbocycles. The fraction of sp³-hybridized carbons (Fsp3) is 0.778. The molecule has 0 spiro atoms. The maximum absolute atomic E-state index is 11.8. The zero-order chi connectivity index (χ0) is 10.6. The van der Waals surface area contributed by atoms with E-state index in [2.05, 4.69) is 11.9 Å². The summed E-state index contributed by atoms with van der Waals surface area (Å²) in [5.41, 5.74) is 0. The minimum atomic E-state index is -3.07. The maximum Gasteiger partial charge on any atom is 0.214 e. The van der Waals surface area contributed by atoms with Crippen molar-refractivity contribution in [1.29, 1.82) is 0 Å². The van der Waals surface area contributed by atoms with Gasteiger partial charge in [-0.1, -0.05) is 6.08 Å². The first-order valence-corrected chi connectivity index (χ1v) is 6.50.